The Kier molecular flexibility index (Phi) is 2.74. The van der Waals surface area contributed by atoms with Gasteiger partial charge < -0.3 is 4.90 Å². The quantitative estimate of drug-likeness (QED) is 0.808. The van der Waals surface area contributed by atoms with Crippen molar-refractivity contribution < 1.29 is 0 Å². The van der Waals surface area contributed by atoms with Gasteiger partial charge in [-0.1, -0.05) is 19.1 Å². The lowest BCUT2D eigenvalue weighted by atomic mass is 10.2. The van der Waals surface area contributed by atoms with E-state index in [2.05, 4.69) is 37.7 Å². The van der Waals surface area contributed by atoms with Crippen LogP contribution in [-0.4, -0.2) is 23.1 Å². The number of hydrogen-bond donors (Lipinski definition) is 0. The van der Waals surface area contributed by atoms with Gasteiger partial charge in [-0.2, -0.15) is 0 Å². The molecule has 0 aliphatic carbocycles. The molecule has 2 heterocycles. The zero-order valence-corrected chi connectivity index (χ0v) is 11.3. The first kappa shape index (κ1) is 11.0. The molecule has 1 atom stereocenters. The van der Waals surface area contributed by atoms with Gasteiger partial charge in [0.2, 0.25) is 5.95 Å². The minimum Gasteiger partial charge on any atom is -0.341 e. The number of halogens is 1. The zero-order chi connectivity index (χ0) is 11.8. The van der Waals surface area contributed by atoms with E-state index in [1.165, 1.54) is 6.42 Å². The van der Waals surface area contributed by atoms with Crippen LogP contribution in [0.4, 0.5) is 5.95 Å². The number of nitrogens with zero attached hydrogens (tertiary/aromatic N) is 3. The molecule has 17 heavy (non-hydrogen) atoms. The Labute approximate surface area is 109 Å². The van der Waals surface area contributed by atoms with E-state index in [-0.39, 0.29) is 0 Å². The zero-order valence-electron chi connectivity index (χ0n) is 9.73. The lowest BCUT2D eigenvalue weighted by Crippen LogP contribution is -2.21. The van der Waals surface area contributed by atoms with E-state index in [0.29, 0.717) is 0 Å². The van der Waals surface area contributed by atoms with Crippen LogP contribution in [0.5, 0.6) is 0 Å². The Morgan fingerprint density at radius 1 is 1.41 bits per heavy atom. The second-order valence-electron chi connectivity index (χ2n) is 4.69. The second-order valence-corrected chi connectivity index (χ2v) is 5.54. The number of hydrogen-bond acceptors (Lipinski definition) is 3. The minimum absolute atomic E-state index is 0.744. The van der Waals surface area contributed by atoms with Gasteiger partial charge in [-0.05, 0) is 34.3 Å². The highest BCUT2D eigenvalue weighted by atomic mass is 79.9. The summed E-state index contributed by atoms with van der Waals surface area (Å²) in [4.78, 5) is 11.4. The van der Waals surface area contributed by atoms with Crippen molar-refractivity contribution >= 4 is 32.8 Å². The van der Waals surface area contributed by atoms with Gasteiger partial charge in [0.25, 0.3) is 0 Å². The van der Waals surface area contributed by atoms with E-state index < -0.39 is 0 Å². The molecule has 1 aliphatic heterocycles. The molecular formula is C13H14BrN3. The maximum atomic E-state index is 4.66. The van der Waals surface area contributed by atoms with Gasteiger partial charge in [0.05, 0.1) is 5.52 Å². The number of anilines is 1. The molecule has 0 N–H and O–H groups in total. The molecule has 0 amide bonds. The fourth-order valence-electron chi connectivity index (χ4n) is 2.28. The lowest BCUT2D eigenvalue weighted by molar-refractivity contribution is 0.658. The number of aromatic nitrogens is 2. The van der Waals surface area contributed by atoms with Crippen molar-refractivity contribution in [2.75, 3.05) is 18.0 Å². The predicted octanol–water partition coefficient (Wildman–Crippen LogP) is 3.24. The smallest absolute Gasteiger partial charge is 0.225 e. The lowest BCUT2D eigenvalue weighted by Gasteiger charge is -2.15. The van der Waals surface area contributed by atoms with Crippen LogP contribution in [0.3, 0.4) is 0 Å². The molecule has 4 heteroatoms. The van der Waals surface area contributed by atoms with Crippen LogP contribution in [0.1, 0.15) is 13.3 Å². The summed E-state index contributed by atoms with van der Waals surface area (Å²) in [7, 11) is 0. The van der Waals surface area contributed by atoms with Gasteiger partial charge in [0.15, 0.2) is 0 Å². The normalized spacial score (nSPS) is 20.1. The summed E-state index contributed by atoms with van der Waals surface area (Å²) in [5.74, 6) is 1.60. The number of benzene rings is 1. The van der Waals surface area contributed by atoms with Crippen molar-refractivity contribution in [3.05, 3.63) is 28.9 Å². The molecule has 0 bridgehead atoms. The van der Waals surface area contributed by atoms with Crippen LogP contribution >= 0.6 is 15.9 Å². The Morgan fingerprint density at radius 2 is 2.29 bits per heavy atom. The van der Waals surface area contributed by atoms with Crippen molar-refractivity contribution in [1.82, 2.24) is 9.97 Å². The van der Waals surface area contributed by atoms with Crippen molar-refractivity contribution in [2.45, 2.75) is 13.3 Å². The molecule has 0 saturated carbocycles. The molecule has 3 nitrogen and oxygen atoms in total. The highest BCUT2D eigenvalue weighted by Gasteiger charge is 2.21. The fraction of sp³-hybridized carbons (Fsp3) is 0.385. The standard InChI is InChI=1S/C13H14BrN3/c1-9-5-6-17(8-9)13-15-7-10-3-2-4-11(14)12(10)16-13/h2-4,7,9H,5-6,8H2,1H3. The van der Waals surface area contributed by atoms with Crippen LogP contribution in [0.15, 0.2) is 28.9 Å². The molecule has 1 saturated heterocycles. The first-order valence-electron chi connectivity index (χ1n) is 5.90. The van der Waals surface area contributed by atoms with Crippen molar-refractivity contribution in [1.29, 1.82) is 0 Å². The van der Waals surface area contributed by atoms with Crippen molar-refractivity contribution in [2.24, 2.45) is 5.92 Å². The van der Waals surface area contributed by atoms with Crippen LogP contribution in [0.25, 0.3) is 10.9 Å². The molecule has 0 spiro atoms. The second kappa shape index (κ2) is 4.26. The highest BCUT2D eigenvalue weighted by molar-refractivity contribution is 9.10. The van der Waals surface area contributed by atoms with E-state index in [0.717, 1.165) is 40.3 Å². The topological polar surface area (TPSA) is 29.0 Å². The maximum Gasteiger partial charge on any atom is 0.225 e. The first-order valence-corrected chi connectivity index (χ1v) is 6.69. The monoisotopic (exact) mass is 291 g/mol. The third kappa shape index (κ3) is 2.02. The molecule has 2 aromatic rings. The van der Waals surface area contributed by atoms with Gasteiger partial charge in [0.1, 0.15) is 0 Å². The average Bonchev–Trinajstić information content (AvgIpc) is 2.76. The summed E-state index contributed by atoms with van der Waals surface area (Å²) in [6.45, 7) is 4.41. The number of para-hydroxylation sites is 1. The van der Waals surface area contributed by atoms with E-state index in [4.69, 9.17) is 0 Å². The Hall–Kier alpha value is -1.16. The largest absolute Gasteiger partial charge is 0.341 e. The molecule has 1 aromatic carbocycles. The molecule has 1 aromatic heterocycles. The summed E-state index contributed by atoms with van der Waals surface area (Å²) < 4.78 is 1.03. The number of rotatable bonds is 1. The SMILES string of the molecule is CC1CCN(c2ncc3cccc(Br)c3n2)C1. The third-order valence-electron chi connectivity index (χ3n) is 3.26. The van der Waals surface area contributed by atoms with Crippen LogP contribution in [-0.2, 0) is 0 Å². The highest BCUT2D eigenvalue weighted by Crippen LogP contribution is 2.25. The van der Waals surface area contributed by atoms with Crippen molar-refractivity contribution in [3.63, 3.8) is 0 Å². The van der Waals surface area contributed by atoms with Gasteiger partial charge in [-0.3, -0.25) is 0 Å². The minimum atomic E-state index is 0.744. The molecule has 1 unspecified atom stereocenters. The van der Waals surface area contributed by atoms with Gasteiger partial charge >= 0.3 is 0 Å². The molecule has 88 valence electrons. The average molecular weight is 292 g/mol. The number of fused-ring (bicyclic) bond motifs is 1. The molecular weight excluding hydrogens is 278 g/mol. The van der Waals surface area contributed by atoms with Crippen molar-refractivity contribution in [3.8, 4) is 0 Å². The molecule has 1 aliphatic rings. The predicted molar refractivity (Wildman–Crippen MR) is 73.2 cm³/mol. The Bertz CT molecular complexity index is 555. The van der Waals surface area contributed by atoms with Gasteiger partial charge in [0, 0.05) is 29.1 Å². The molecule has 1 fully saturated rings. The fourth-order valence-corrected chi connectivity index (χ4v) is 2.75. The van der Waals surface area contributed by atoms with Crippen LogP contribution in [0, 0.1) is 5.92 Å². The summed E-state index contributed by atoms with van der Waals surface area (Å²) in [5, 5.41) is 1.08. The maximum absolute atomic E-state index is 4.66. The molecule has 3 rings (SSSR count). The summed E-state index contributed by atoms with van der Waals surface area (Å²) in [6, 6.07) is 6.07. The van der Waals surface area contributed by atoms with Crippen LogP contribution < -0.4 is 4.90 Å². The van der Waals surface area contributed by atoms with E-state index in [1.54, 1.807) is 0 Å². The van der Waals surface area contributed by atoms with E-state index in [9.17, 15) is 0 Å². The summed E-state index contributed by atoms with van der Waals surface area (Å²) >= 11 is 3.54. The summed E-state index contributed by atoms with van der Waals surface area (Å²) in [5.41, 5.74) is 0.997. The Balaban J connectivity index is 2.04. The van der Waals surface area contributed by atoms with E-state index in [1.807, 2.05) is 24.4 Å². The summed E-state index contributed by atoms with van der Waals surface area (Å²) in [6.07, 6.45) is 3.14. The van der Waals surface area contributed by atoms with Gasteiger partial charge in [-0.25, -0.2) is 9.97 Å². The van der Waals surface area contributed by atoms with E-state index >= 15 is 0 Å². The molecule has 0 radical (unpaired) electrons. The third-order valence-corrected chi connectivity index (χ3v) is 3.90. The van der Waals surface area contributed by atoms with Gasteiger partial charge in [-0.15, -0.1) is 0 Å². The first-order chi connectivity index (χ1) is 8.24. The van der Waals surface area contributed by atoms with Crippen LogP contribution in [0.2, 0.25) is 0 Å². The Morgan fingerprint density at radius 3 is 3.06 bits per heavy atom.